The van der Waals surface area contributed by atoms with Crippen LogP contribution in [0.1, 0.15) is 12.7 Å². The van der Waals surface area contributed by atoms with Gasteiger partial charge in [0.25, 0.3) is 5.89 Å². The van der Waals surface area contributed by atoms with Crippen LogP contribution in [0.15, 0.2) is 51.6 Å². The molecule has 0 saturated heterocycles. The predicted octanol–water partition coefficient (Wildman–Crippen LogP) is 4.75. The molecule has 0 amide bonds. The van der Waals surface area contributed by atoms with Crippen molar-refractivity contribution in [3.8, 4) is 33.5 Å². The van der Waals surface area contributed by atoms with Gasteiger partial charge in [0, 0.05) is 12.1 Å². The molecule has 0 aliphatic carbocycles. The van der Waals surface area contributed by atoms with E-state index in [-0.39, 0.29) is 0 Å². The standard InChI is InChI=1S/C20H18N4O3S2/c1-2-24-14(13-5-6-15-16(10-13)26-8-7-25-15)11-21-20(24)29-12-18-22-19(27-23-18)17-4-3-9-28-17/h3-6,9-11H,2,7-8,12H2,1H3. The summed E-state index contributed by atoms with van der Waals surface area (Å²) in [6.45, 7) is 4.07. The highest BCUT2D eigenvalue weighted by molar-refractivity contribution is 7.98. The Morgan fingerprint density at radius 3 is 2.90 bits per heavy atom. The van der Waals surface area contributed by atoms with Crippen LogP contribution in [0, 0.1) is 0 Å². The molecule has 1 aliphatic heterocycles. The Hall–Kier alpha value is -2.78. The molecule has 0 fully saturated rings. The van der Waals surface area contributed by atoms with Crippen molar-refractivity contribution >= 4 is 23.1 Å². The quantitative estimate of drug-likeness (QED) is 0.412. The first-order valence-corrected chi connectivity index (χ1v) is 11.1. The molecular formula is C20H18N4O3S2. The summed E-state index contributed by atoms with van der Waals surface area (Å²) < 4.78 is 18.9. The molecule has 7 nitrogen and oxygen atoms in total. The van der Waals surface area contributed by atoms with Crippen LogP contribution in [-0.2, 0) is 12.3 Å². The maximum Gasteiger partial charge on any atom is 0.268 e. The average molecular weight is 427 g/mol. The number of hydrogen-bond acceptors (Lipinski definition) is 8. The number of aromatic nitrogens is 4. The fourth-order valence-corrected chi connectivity index (χ4v) is 4.69. The third-order valence-corrected chi connectivity index (χ3v) is 6.35. The van der Waals surface area contributed by atoms with Crippen molar-refractivity contribution in [2.75, 3.05) is 13.2 Å². The summed E-state index contributed by atoms with van der Waals surface area (Å²) in [7, 11) is 0. The summed E-state index contributed by atoms with van der Waals surface area (Å²) in [5.74, 6) is 3.37. The molecule has 0 N–H and O–H groups in total. The highest BCUT2D eigenvalue weighted by Crippen LogP contribution is 2.36. The van der Waals surface area contributed by atoms with Crippen LogP contribution in [0.5, 0.6) is 11.5 Å². The van der Waals surface area contributed by atoms with Gasteiger partial charge < -0.3 is 18.6 Å². The summed E-state index contributed by atoms with van der Waals surface area (Å²) >= 11 is 3.18. The lowest BCUT2D eigenvalue weighted by Gasteiger charge is -2.19. The first-order valence-electron chi connectivity index (χ1n) is 9.26. The Labute approximate surface area is 175 Å². The van der Waals surface area contributed by atoms with Crippen molar-refractivity contribution in [2.24, 2.45) is 0 Å². The van der Waals surface area contributed by atoms with E-state index in [2.05, 4.69) is 26.6 Å². The molecule has 0 saturated carbocycles. The lowest BCUT2D eigenvalue weighted by Crippen LogP contribution is -2.15. The topological polar surface area (TPSA) is 75.2 Å². The molecule has 1 aromatic carbocycles. The zero-order chi connectivity index (χ0) is 19.6. The fourth-order valence-electron chi connectivity index (χ4n) is 3.15. The lowest BCUT2D eigenvalue weighted by molar-refractivity contribution is 0.171. The van der Waals surface area contributed by atoms with Gasteiger partial charge in [0.2, 0.25) is 0 Å². The first kappa shape index (κ1) is 18.3. The smallest absolute Gasteiger partial charge is 0.268 e. The number of imidazole rings is 1. The van der Waals surface area contributed by atoms with E-state index in [0.29, 0.717) is 30.7 Å². The van der Waals surface area contributed by atoms with Gasteiger partial charge in [-0.3, -0.25) is 0 Å². The van der Waals surface area contributed by atoms with Gasteiger partial charge >= 0.3 is 0 Å². The Bertz CT molecular complexity index is 1120. The van der Waals surface area contributed by atoms with Crippen LogP contribution in [0.3, 0.4) is 0 Å². The van der Waals surface area contributed by atoms with Crippen molar-refractivity contribution in [2.45, 2.75) is 24.4 Å². The molecule has 0 radical (unpaired) electrons. The molecule has 0 spiro atoms. The highest BCUT2D eigenvalue weighted by atomic mass is 32.2. The van der Waals surface area contributed by atoms with E-state index >= 15 is 0 Å². The van der Waals surface area contributed by atoms with Crippen LogP contribution < -0.4 is 9.47 Å². The van der Waals surface area contributed by atoms with Gasteiger partial charge in [-0.2, -0.15) is 4.98 Å². The highest BCUT2D eigenvalue weighted by Gasteiger charge is 2.17. The molecule has 0 bridgehead atoms. The van der Waals surface area contributed by atoms with Crippen LogP contribution in [-0.4, -0.2) is 32.9 Å². The zero-order valence-electron chi connectivity index (χ0n) is 15.7. The third-order valence-electron chi connectivity index (χ3n) is 4.50. The number of benzene rings is 1. The van der Waals surface area contributed by atoms with Crippen LogP contribution in [0.2, 0.25) is 0 Å². The number of fused-ring (bicyclic) bond motifs is 1. The molecule has 4 heterocycles. The van der Waals surface area contributed by atoms with E-state index in [1.807, 2.05) is 41.9 Å². The number of rotatable bonds is 6. The Kier molecular flexibility index (Phi) is 4.99. The Morgan fingerprint density at radius 2 is 2.07 bits per heavy atom. The molecule has 0 unspecified atom stereocenters. The predicted molar refractivity (Wildman–Crippen MR) is 111 cm³/mol. The van der Waals surface area contributed by atoms with Crippen molar-refractivity contribution in [1.29, 1.82) is 0 Å². The van der Waals surface area contributed by atoms with Gasteiger partial charge in [0.15, 0.2) is 22.5 Å². The fraction of sp³-hybridized carbons (Fsp3) is 0.250. The summed E-state index contributed by atoms with van der Waals surface area (Å²) in [6.07, 6.45) is 1.89. The first-order chi connectivity index (χ1) is 14.3. The second-order valence-electron chi connectivity index (χ2n) is 6.31. The minimum Gasteiger partial charge on any atom is -0.486 e. The Morgan fingerprint density at radius 1 is 1.17 bits per heavy atom. The van der Waals surface area contributed by atoms with Crippen molar-refractivity contribution in [3.63, 3.8) is 0 Å². The maximum absolute atomic E-state index is 5.72. The van der Waals surface area contributed by atoms with E-state index in [0.717, 1.165) is 39.3 Å². The number of nitrogens with zero attached hydrogens (tertiary/aromatic N) is 4. The van der Waals surface area contributed by atoms with E-state index < -0.39 is 0 Å². The minimum atomic E-state index is 0.561. The van der Waals surface area contributed by atoms with Gasteiger partial charge in [0.1, 0.15) is 13.2 Å². The summed E-state index contributed by atoms with van der Waals surface area (Å²) in [4.78, 5) is 10.1. The van der Waals surface area contributed by atoms with Crippen LogP contribution in [0.4, 0.5) is 0 Å². The number of hydrogen-bond donors (Lipinski definition) is 0. The van der Waals surface area contributed by atoms with E-state index in [1.165, 1.54) is 0 Å². The molecule has 0 atom stereocenters. The number of ether oxygens (including phenoxy) is 2. The van der Waals surface area contributed by atoms with Crippen molar-refractivity contribution < 1.29 is 14.0 Å². The van der Waals surface area contributed by atoms with Crippen molar-refractivity contribution in [1.82, 2.24) is 19.7 Å². The summed E-state index contributed by atoms with van der Waals surface area (Å²) in [6, 6.07) is 9.94. The lowest BCUT2D eigenvalue weighted by atomic mass is 10.1. The molecular weight excluding hydrogens is 408 g/mol. The summed E-state index contributed by atoms with van der Waals surface area (Å²) in [5, 5.41) is 7.00. The molecule has 3 aromatic heterocycles. The normalized spacial score (nSPS) is 13.0. The van der Waals surface area contributed by atoms with Gasteiger partial charge in [-0.05, 0) is 36.6 Å². The largest absolute Gasteiger partial charge is 0.486 e. The SMILES string of the molecule is CCn1c(-c2ccc3c(c2)OCCO3)cnc1SCc1noc(-c2cccs2)n1. The van der Waals surface area contributed by atoms with Crippen LogP contribution in [0.25, 0.3) is 22.0 Å². The van der Waals surface area contributed by atoms with Crippen molar-refractivity contribution in [3.05, 3.63) is 47.7 Å². The molecule has 1 aliphatic rings. The number of thioether (sulfide) groups is 1. The molecule has 9 heteroatoms. The van der Waals surface area contributed by atoms with E-state index in [4.69, 9.17) is 14.0 Å². The minimum absolute atomic E-state index is 0.561. The molecule has 5 rings (SSSR count). The molecule has 29 heavy (non-hydrogen) atoms. The molecule has 4 aromatic rings. The van der Waals surface area contributed by atoms with Crippen LogP contribution >= 0.6 is 23.1 Å². The second-order valence-corrected chi connectivity index (χ2v) is 8.20. The van der Waals surface area contributed by atoms with E-state index in [1.54, 1.807) is 23.1 Å². The average Bonchev–Trinajstić information content (AvgIpc) is 3.52. The zero-order valence-corrected chi connectivity index (χ0v) is 17.3. The van der Waals surface area contributed by atoms with Gasteiger partial charge in [-0.15, -0.1) is 11.3 Å². The molecule has 148 valence electrons. The maximum atomic E-state index is 5.72. The monoisotopic (exact) mass is 426 g/mol. The van der Waals surface area contributed by atoms with Gasteiger partial charge in [-0.1, -0.05) is 23.0 Å². The third kappa shape index (κ3) is 3.63. The van der Waals surface area contributed by atoms with E-state index in [9.17, 15) is 0 Å². The van der Waals surface area contributed by atoms with Gasteiger partial charge in [-0.25, -0.2) is 4.98 Å². The summed E-state index contributed by atoms with van der Waals surface area (Å²) in [5.41, 5.74) is 2.09. The Balaban J connectivity index is 1.35. The van der Waals surface area contributed by atoms with Gasteiger partial charge in [0.05, 0.1) is 22.5 Å². The number of thiophene rings is 1. The second kappa shape index (κ2) is 7.92.